The molecule has 9 heteroatoms. The molecule has 1 unspecified atom stereocenters. The van der Waals surface area contributed by atoms with Crippen molar-refractivity contribution in [2.75, 3.05) is 6.61 Å². The van der Waals surface area contributed by atoms with Crippen molar-refractivity contribution in [2.45, 2.75) is 44.5 Å². The molecule has 28 heavy (non-hydrogen) atoms. The van der Waals surface area contributed by atoms with Gasteiger partial charge >= 0.3 is 0 Å². The standard InChI is InChI=1S/C19H24N4O5/c1-4-20-11(3)17-21-18(12-7-5-6-10(2)8-12)23(22-17)19-16(27)15(26)14(25)13(9-24)28-19/h4-8,13-16,19,24-27H,3,9H2,1-2H3/t13-,14-,15+,16-,19?/m1/s1. The van der Waals surface area contributed by atoms with Crippen LogP contribution in [0.5, 0.6) is 0 Å². The molecule has 1 saturated heterocycles. The lowest BCUT2D eigenvalue weighted by atomic mass is 9.98. The van der Waals surface area contributed by atoms with Gasteiger partial charge in [0.25, 0.3) is 0 Å². The number of aliphatic imine (C=N–C) groups is 1. The molecule has 5 atom stereocenters. The minimum Gasteiger partial charge on any atom is -0.394 e. The number of nitrogens with zero attached hydrogens (tertiary/aromatic N) is 4. The van der Waals surface area contributed by atoms with Crippen LogP contribution in [0.4, 0.5) is 0 Å². The third-order valence-corrected chi connectivity index (χ3v) is 4.56. The van der Waals surface area contributed by atoms with Crippen molar-refractivity contribution in [3.05, 3.63) is 42.2 Å². The Bertz CT molecular complexity index is 879. The van der Waals surface area contributed by atoms with Crippen LogP contribution in [0.2, 0.25) is 0 Å². The molecule has 2 heterocycles. The first-order chi connectivity index (χ1) is 13.4. The molecule has 0 aliphatic carbocycles. The van der Waals surface area contributed by atoms with Gasteiger partial charge in [-0.2, -0.15) is 0 Å². The summed E-state index contributed by atoms with van der Waals surface area (Å²) in [6.07, 6.45) is -5.14. The summed E-state index contributed by atoms with van der Waals surface area (Å²) in [5.41, 5.74) is 2.02. The molecule has 150 valence electrons. The number of aliphatic hydroxyl groups is 4. The Kier molecular flexibility index (Phi) is 6.01. The minimum atomic E-state index is -1.52. The van der Waals surface area contributed by atoms with Crippen LogP contribution in [0.25, 0.3) is 17.1 Å². The van der Waals surface area contributed by atoms with E-state index < -0.39 is 37.3 Å². The fourth-order valence-corrected chi connectivity index (χ4v) is 3.10. The molecule has 2 aromatic rings. The number of aliphatic hydroxyl groups excluding tert-OH is 4. The van der Waals surface area contributed by atoms with E-state index >= 15 is 0 Å². The van der Waals surface area contributed by atoms with Crippen molar-refractivity contribution in [3.8, 4) is 11.4 Å². The van der Waals surface area contributed by atoms with Crippen LogP contribution >= 0.6 is 0 Å². The first kappa shape index (κ1) is 20.3. The van der Waals surface area contributed by atoms with E-state index in [0.717, 1.165) is 5.56 Å². The molecule has 1 aromatic heterocycles. The summed E-state index contributed by atoms with van der Waals surface area (Å²) in [7, 11) is 0. The Morgan fingerprint density at radius 2 is 2.04 bits per heavy atom. The molecular formula is C19H24N4O5. The van der Waals surface area contributed by atoms with Crippen molar-refractivity contribution in [1.82, 2.24) is 14.8 Å². The highest BCUT2D eigenvalue weighted by Gasteiger charge is 2.45. The van der Waals surface area contributed by atoms with Crippen LogP contribution in [-0.2, 0) is 4.74 Å². The number of hydrogen-bond donors (Lipinski definition) is 4. The smallest absolute Gasteiger partial charge is 0.199 e. The molecule has 0 amide bonds. The second-order valence-corrected chi connectivity index (χ2v) is 6.63. The van der Waals surface area contributed by atoms with Crippen molar-refractivity contribution >= 4 is 11.9 Å². The van der Waals surface area contributed by atoms with Gasteiger partial charge in [-0.05, 0) is 19.9 Å². The van der Waals surface area contributed by atoms with E-state index in [-0.39, 0.29) is 5.82 Å². The lowest BCUT2D eigenvalue weighted by molar-refractivity contribution is -0.253. The second-order valence-electron chi connectivity index (χ2n) is 6.63. The minimum absolute atomic E-state index is 0.228. The predicted octanol–water partition coefficient (Wildman–Crippen LogP) is 0.287. The van der Waals surface area contributed by atoms with Crippen LogP contribution in [0.15, 0.2) is 35.8 Å². The van der Waals surface area contributed by atoms with Gasteiger partial charge in [-0.25, -0.2) is 9.67 Å². The number of ether oxygens (including phenoxy) is 1. The predicted molar refractivity (Wildman–Crippen MR) is 102 cm³/mol. The molecule has 1 aliphatic heterocycles. The van der Waals surface area contributed by atoms with E-state index in [0.29, 0.717) is 17.1 Å². The highest BCUT2D eigenvalue weighted by molar-refractivity contribution is 5.69. The molecule has 0 spiro atoms. The van der Waals surface area contributed by atoms with Crippen LogP contribution in [-0.4, -0.2) is 72.4 Å². The SMILES string of the molecule is C=C(N=CC)c1nc(-c2cccc(C)c2)n(C2O[C@H](CO)[C@@H](O)[C@H](O)[C@H]2O)n1. The quantitative estimate of drug-likeness (QED) is 0.541. The molecule has 3 rings (SSSR count). The van der Waals surface area contributed by atoms with Gasteiger partial charge in [-0.3, -0.25) is 4.99 Å². The average Bonchev–Trinajstić information content (AvgIpc) is 3.12. The van der Waals surface area contributed by atoms with Crippen LogP contribution in [0, 0.1) is 6.92 Å². The monoisotopic (exact) mass is 388 g/mol. The summed E-state index contributed by atoms with van der Waals surface area (Å²) >= 11 is 0. The largest absolute Gasteiger partial charge is 0.394 e. The Hall–Kier alpha value is -2.43. The number of aromatic nitrogens is 3. The molecule has 1 fully saturated rings. The van der Waals surface area contributed by atoms with Crippen molar-refractivity contribution in [1.29, 1.82) is 0 Å². The molecular weight excluding hydrogens is 364 g/mol. The average molecular weight is 388 g/mol. The Balaban J connectivity index is 2.11. The van der Waals surface area contributed by atoms with E-state index in [4.69, 9.17) is 4.74 Å². The maximum Gasteiger partial charge on any atom is 0.199 e. The van der Waals surface area contributed by atoms with E-state index in [1.54, 1.807) is 13.1 Å². The Morgan fingerprint density at radius 3 is 2.68 bits per heavy atom. The molecule has 9 nitrogen and oxygen atoms in total. The second kappa shape index (κ2) is 8.29. The third kappa shape index (κ3) is 3.75. The maximum absolute atomic E-state index is 10.5. The van der Waals surface area contributed by atoms with Crippen molar-refractivity contribution < 1.29 is 25.2 Å². The summed E-state index contributed by atoms with van der Waals surface area (Å²) in [6, 6.07) is 7.50. The Morgan fingerprint density at radius 1 is 1.29 bits per heavy atom. The topological polar surface area (TPSA) is 133 Å². The van der Waals surface area contributed by atoms with Gasteiger partial charge < -0.3 is 25.2 Å². The maximum atomic E-state index is 10.5. The van der Waals surface area contributed by atoms with Gasteiger partial charge in [0.15, 0.2) is 17.9 Å². The van der Waals surface area contributed by atoms with Gasteiger partial charge in [0.2, 0.25) is 0 Å². The zero-order chi connectivity index (χ0) is 20.4. The zero-order valence-electron chi connectivity index (χ0n) is 15.7. The van der Waals surface area contributed by atoms with Crippen molar-refractivity contribution in [3.63, 3.8) is 0 Å². The van der Waals surface area contributed by atoms with Gasteiger partial charge in [-0.1, -0.05) is 30.3 Å². The molecule has 0 radical (unpaired) electrons. The molecule has 1 aliphatic rings. The number of aryl methyl sites for hydroxylation is 1. The first-order valence-electron chi connectivity index (χ1n) is 8.89. The normalized spacial score (nSPS) is 28.0. The van der Waals surface area contributed by atoms with Crippen LogP contribution < -0.4 is 0 Å². The number of hydrogen-bond acceptors (Lipinski definition) is 8. The van der Waals surface area contributed by atoms with Crippen molar-refractivity contribution in [2.24, 2.45) is 4.99 Å². The molecule has 4 N–H and O–H groups in total. The van der Waals surface area contributed by atoms with E-state index in [1.807, 2.05) is 31.2 Å². The van der Waals surface area contributed by atoms with Crippen LogP contribution in [0.3, 0.4) is 0 Å². The summed E-state index contributed by atoms with van der Waals surface area (Å²) in [4.78, 5) is 8.58. The fraction of sp³-hybridized carbons (Fsp3) is 0.421. The van der Waals surface area contributed by atoms with E-state index in [1.165, 1.54) is 4.68 Å². The lowest BCUT2D eigenvalue weighted by Gasteiger charge is -2.40. The highest BCUT2D eigenvalue weighted by atomic mass is 16.6. The summed E-state index contributed by atoms with van der Waals surface area (Å²) in [6.45, 7) is 6.97. The summed E-state index contributed by atoms with van der Waals surface area (Å²) in [5, 5.41) is 44.5. The van der Waals surface area contributed by atoms with E-state index in [2.05, 4.69) is 21.7 Å². The number of rotatable bonds is 5. The fourth-order valence-electron chi connectivity index (χ4n) is 3.10. The van der Waals surface area contributed by atoms with Gasteiger partial charge in [0, 0.05) is 11.8 Å². The van der Waals surface area contributed by atoms with E-state index in [9.17, 15) is 20.4 Å². The van der Waals surface area contributed by atoms with Gasteiger partial charge in [0.1, 0.15) is 30.1 Å². The molecule has 0 bridgehead atoms. The lowest BCUT2D eigenvalue weighted by Crippen LogP contribution is -2.56. The molecule has 0 saturated carbocycles. The summed E-state index contributed by atoms with van der Waals surface area (Å²) in [5.74, 6) is 0.599. The Labute approximate surface area is 162 Å². The summed E-state index contributed by atoms with van der Waals surface area (Å²) < 4.78 is 6.97. The number of benzene rings is 1. The van der Waals surface area contributed by atoms with Gasteiger partial charge in [-0.15, -0.1) is 5.10 Å². The highest BCUT2D eigenvalue weighted by Crippen LogP contribution is 2.32. The third-order valence-electron chi connectivity index (χ3n) is 4.56. The zero-order valence-corrected chi connectivity index (χ0v) is 15.7. The van der Waals surface area contributed by atoms with Gasteiger partial charge in [0.05, 0.1) is 6.61 Å². The first-order valence-corrected chi connectivity index (χ1v) is 8.89. The molecule has 1 aromatic carbocycles. The van der Waals surface area contributed by atoms with Crippen LogP contribution in [0.1, 0.15) is 24.5 Å².